The van der Waals surface area contributed by atoms with Crippen LogP contribution >= 0.6 is 0 Å². The number of rotatable bonds is 5. The molecule has 1 fully saturated rings. The molecule has 0 bridgehead atoms. The summed E-state index contributed by atoms with van der Waals surface area (Å²) in [4.78, 5) is 36.5. The first-order valence-corrected chi connectivity index (χ1v) is 8.20. The lowest BCUT2D eigenvalue weighted by Gasteiger charge is -2.16. The number of carbonyl (C=O) groups is 2. The van der Waals surface area contributed by atoms with Crippen molar-refractivity contribution in [2.75, 3.05) is 18.5 Å². The number of alkyl halides is 3. The van der Waals surface area contributed by atoms with Gasteiger partial charge in [0.25, 0.3) is 0 Å². The van der Waals surface area contributed by atoms with Gasteiger partial charge in [0.05, 0.1) is 19.3 Å². The normalized spacial score (nSPS) is 20.0. The maximum atomic E-state index is 12.0. The van der Waals surface area contributed by atoms with E-state index in [4.69, 9.17) is 30.2 Å². The molecule has 0 aromatic carbocycles. The zero-order valence-electron chi connectivity index (χ0n) is 15.4. The number of carbonyl (C=O) groups excluding carboxylic acids is 1. The fourth-order valence-electron chi connectivity index (χ4n) is 1.90. The van der Waals surface area contributed by atoms with Crippen LogP contribution in [0.1, 0.15) is 20.1 Å². The number of anilines is 1. The number of nitrogens with zero attached hydrogens (tertiary/aromatic N) is 2. The monoisotopic (exact) mass is 426 g/mol. The smallest absolute Gasteiger partial charge is 0.475 e. The Morgan fingerprint density at radius 3 is 2.45 bits per heavy atom. The van der Waals surface area contributed by atoms with Crippen molar-refractivity contribution >= 4 is 17.7 Å². The van der Waals surface area contributed by atoms with E-state index in [0.717, 1.165) is 0 Å². The average Bonchev–Trinajstić information content (AvgIpc) is 3.09. The van der Waals surface area contributed by atoms with Crippen LogP contribution in [-0.2, 0) is 19.1 Å². The average molecular weight is 426 g/mol. The van der Waals surface area contributed by atoms with Gasteiger partial charge in [0.15, 0.2) is 12.5 Å². The third kappa shape index (κ3) is 7.41. The van der Waals surface area contributed by atoms with E-state index in [0.29, 0.717) is 0 Å². The minimum atomic E-state index is -5.08. The zero-order chi connectivity index (χ0) is 22.4. The predicted molar refractivity (Wildman–Crippen MR) is 90.6 cm³/mol. The Hall–Kier alpha value is -2.55. The Bertz CT molecular complexity index is 769. The number of carboxylic acids is 1. The number of carboxylic acid groups (broad SMARTS) is 1. The topological polar surface area (TPSA) is 166 Å². The molecule has 0 aliphatic carbocycles. The van der Waals surface area contributed by atoms with E-state index in [2.05, 4.69) is 10.3 Å². The molecular formula is C15H21F3N4O7. The van der Waals surface area contributed by atoms with Crippen molar-refractivity contribution < 1.29 is 42.4 Å². The van der Waals surface area contributed by atoms with E-state index in [1.165, 1.54) is 16.8 Å². The molecule has 3 atom stereocenters. The van der Waals surface area contributed by atoms with Gasteiger partial charge in [-0.15, -0.1) is 0 Å². The third-order valence-corrected chi connectivity index (χ3v) is 3.54. The second-order valence-electron chi connectivity index (χ2n) is 6.10. The van der Waals surface area contributed by atoms with Crippen molar-refractivity contribution in [1.29, 1.82) is 0 Å². The fraction of sp³-hybridized carbons (Fsp3) is 0.600. The molecule has 11 nitrogen and oxygen atoms in total. The lowest BCUT2D eigenvalue weighted by atomic mass is 10.1. The summed E-state index contributed by atoms with van der Waals surface area (Å²) >= 11 is 0. The minimum Gasteiger partial charge on any atom is -0.475 e. The molecule has 1 aromatic rings. The van der Waals surface area contributed by atoms with Gasteiger partial charge in [-0.25, -0.2) is 9.59 Å². The molecule has 1 unspecified atom stereocenters. The Morgan fingerprint density at radius 1 is 1.45 bits per heavy atom. The van der Waals surface area contributed by atoms with E-state index < -0.39 is 42.3 Å². The summed E-state index contributed by atoms with van der Waals surface area (Å²) in [5, 5.41) is 18.6. The van der Waals surface area contributed by atoms with Crippen molar-refractivity contribution in [2.24, 2.45) is 11.7 Å². The van der Waals surface area contributed by atoms with E-state index >= 15 is 0 Å². The Labute approximate surface area is 162 Å². The molecule has 2 heterocycles. The SMILES string of the molecule is CC(C)[C@H](N)C(=O)Nc1ccn([C@@H]2COC(CO)O2)c(=O)n1.O=C(O)C(F)(F)F. The van der Waals surface area contributed by atoms with E-state index in [9.17, 15) is 22.8 Å². The van der Waals surface area contributed by atoms with Gasteiger partial charge in [-0.2, -0.15) is 18.2 Å². The third-order valence-electron chi connectivity index (χ3n) is 3.54. The molecule has 1 saturated heterocycles. The number of aromatic nitrogens is 2. The number of nitrogens with two attached hydrogens (primary N) is 1. The van der Waals surface area contributed by atoms with Gasteiger partial charge in [-0.1, -0.05) is 13.8 Å². The summed E-state index contributed by atoms with van der Waals surface area (Å²) in [5.41, 5.74) is 5.13. The number of aliphatic carboxylic acids is 1. The Balaban J connectivity index is 0.000000516. The zero-order valence-corrected chi connectivity index (χ0v) is 15.4. The molecule has 164 valence electrons. The molecule has 5 N–H and O–H groups in total. The molecule has 1 amide bonds. The van der Waals surface area contributed by atoms with Gasteiger partial charge < -0.3 is 30.7 Å². The minimum absolute atomic E-state index is 0.0279. The lowest BCUT2D eigenvalue weighted by molar-refractivity contribution is -0.192. The molecule has 0 radical (unpaired) electrons. The van der Waals surface area contributed by atoms with Crippen LogP contribution in [0, 0.1) is 5.92 Å². The first-order valence-electron chi connectivity index (χ1n) is 8.20. The molecule has 29 heavy (non-hydrogen) atoms. The summed E-state index contributed by atoms with van der Waals surface area (Å²) in [6.07, 6.45) is -5.04. The highest BCUT2D eigenvalue weighted by Crippen LogP contribution is 2.19. The molecule has 1 aliphatic rings. The van der Waals surface area contributed by atoms with Gasteiger partial charge >= 0.3 is 17.8 Å². The van der Waals surface area contributed by atoms with Crippen molar-refractivity contribution in [3.05, 3.63) is 22.7 Å². The molecule has 2 rings (SSSR count). The lowest BCUT2D eigenvalue weighted by Crippen LogP contribution is -2.40. The maximum Gasteiger partial charge on any atom is 0.490 e. The molecular weight excluding hydrogens is 405 g/mol. The van der Waals surface area contributed by atoms with Crippen molar-refractivity contribution in [2.45, 2.75) is 38.6 Å². The second kappa shape index (κ2) is 10.3. The van der Waals surface area contributed by atoms with Crippen LogP contribution in [0.4, 0.5) is 19.0 Å². The van der Waals surface area contributed by atoms with Gasteiger partial charge in [0.1, 0.15) is 5.82 Å². The quantitative estimate of drug-likeness (QED) is 0.493. The molecule has 0 spiro atoms. The summed E-state index contributed by atoms with van der Waals surface area (Å²) in [7, 11) is 0. The molecule has 0 saturated carbocycles. The first-order chi connectivity index (χ1) is 13.4. The number of hydrogen-bond donors (Lipinski definition) is 4. The van der Waals surface area contributed by atoms with Crippen molar-refractivity contribution in [3.8, 4) is 0 Å². The van der Waals surface area contributed by atoms with Crippen molar-refractivity contribution in [1.82, 2.24) is 9.55 Å². The van der Waals surface area contributed by atoms with Gasteiger partial charge in [0.2, 0.25) is 5.91 Å². The fourth-order valence-corrected chi connectivity index (χ4v) is 1.90. The molecule has 14 heteroatoms. The Morgan fingerprint density at radius 2 is 2.03 bits per heavy atom. The second-order valence-corrected chi connectivity index (χ2v) is 6.10. The number of aliphatic hydroxyl groups excluding tert-OH is 1. The number of amides is 1. The number of aliphatic hydroxyl groups is 1. The summed E-state index contributed by atoms with van der Waals surface area (Å²) < 4.78 is 43.4. The highest BCUT2D eigenvalue weighted by atomic mass is 19.4. The predicted octanol–water partition coefficient (Wildman–Crippen LogP) is -0.338. The van der Waals surface area contributed by atoms with Gasteiger partial charge in [-0.3, -0.25) is 9.36 Å². The van der Waals surface area contributed by atoms with Crippen LogP contribution in [-0.4, -0.2) is 63.4 Å². The highest BCUT2D eigenvalue weighted by Gasteiger charge is 2.38. The molecule has 1 aromatic heterocycles. The Kier molecular flexibility index (Phi) is 8.69. The summed E-state index contributed by atoms with van der Waals surface area (Å²) in [5.74, 6) is -3.06. The largest absolute Gasteiger partial charge is 0.490 e. The summed E-state index contributed by atoms with van der Waals surface area (Å²) in [6.45, 7) is 3.49. The van der Waals surface area contributed by atoms with Crippen LogP contribution < -0.4 is 16.7 Å². The van der Waals surface area contributed by atoms with E-state index in [1.807, 2.05) is 13.8 Å². The van der Waals surface area contributed by atoms with Crippen LogP contribution in [0.25, 0.3) is 0 Å². The number of hydrogen-bond acceptors (Lipinski definition) is 8. The van der Waals surface area contributed by atoms with Gasteiger partial charge in [0, 0.05) is 6.20 Å². The summed E-state index contributed by atoms with van der Waals surface area (Å²) in [6, 6.07) is 0.795. The van der Waals surface area contributed by atoms with E-state index in [1.54, 1.807) is 0 Å². The van der Waals surface area contributed by atoms with Crippen LogP contribution in [0.5, 0.6) is 0 Å². The molecule has 1 aliphatic heterocycles. The standard InChI is InChI=1S/C13H20N4O5.C2HF3O2/c1-7(2)11(14)12(19)15-8-3-4-17(13(20)16-8)9-6-21-10(5-18)22-9;3-2(4,5)1(6)7/h3-4,7,9-11,18H,5-6,14H2,1-2H3,(H,15,16,19,20);(H,6,7)/t9-,10?,11-;/m0./s1. The number of ether oxygens (including phenoxy) is 2. The van der Waals surface area contributed by atoms with Crippen LogP contribution in [0.2, 0.25) is 0 Å². The van der Waals surface area contributed by atoms with Crippen molar-refractivity contribution in [3.63, 3.8) is 0 Å². The maximum absolute atomic E-state index is 12.0. The van der Waals surface area contributed by atoms with Gasteiger partial charge in [-0.05, 0) is 12.0 Å². The van der Waals surface area contributed by atoms with Crippen LogP contribution in [0.15, 0.2) is 17.1 Å². The first kappa shape index (κ1) is 24.5. The number of nitrogens with one attached hydrogen (secondary N) is 1. The van der Waals surface area contributed by atoms with E-state index in [-0.39, 0.29) is 24.9 Å². The van der Waals surface area contributed by atoms with Crippen LogP contribution in [0.3, 0.4) is 0 Å². The number of halogens is 3. The highest BCUT2D eigenvalue weighted by molar-refractivity contribution is 5.93.